The Hall–Kier alpha value is -2.03. The minimum atomic E-state index is -0.610. The minimum Gasteiger partial charge on any atom is -0.497 e. The minimum absolute atomic E-state index is 0. The maximum Gasteiger partial charge on any atom is 0.322 e. The van der Waals surface area contributed by atoms with Crippen LogP contribution in [0.4, 0.5) is 0 Å². The van der Waals surface area contributed by atoms with E-state index in [1.54, 1.807) is 19.2 Å². The SMILES string of the molecule is COC(=O)[C@@H](N)Cc1ccc(Cl)cc1.COC(=O)[C@@H](N)Cc1ccc(OC)cc1.Cl.Cl. The Morgan fingerprint density at radius 1 is 0.774 bits per heavy atom. The van der Waals surface area contributed by atoms with Gasteiger partial charge in [0, 0.05) is 5.02 Å². The molecule has 2 rings (SSSR count). The highest BCUT2D eigenvalue weighted by molar-refractivity contribution is 6.30. The predicted octanol–water partition coefficient (Wildman–Crippen LogP) is 2.96. The lowest BCUT2D eigenvalue weighted by Crippen LogP contribution is -2.33. The fourth-order valence-corrected chi connectivity index (χ4v) is 2.49. The first-order valence-electron chi connectivity index (χ1n) is 8.84. The third kappa shape index (κ3) is 11.8. The second-order valence-electron chi connectivity index (χ2n) is 6.14. The molecule has 10 heteroatoms. The maximum atomic E-state index is 11.1. The summed E-state index contributed by atoms with van der Waals surface area (Å²) in [6.07, 6.45) is 0.931. The summed E-state index contributed by atoms with van der Waals surface area (Å²) in [5.74, 6) is -0.0174. The van der Waals surface area contributed by atoms with E-state index in [2.05, 4.69) is 9.47 Å². The topological polar surface area (TPSA) is 114 Å². The van der Waals surface area contributed by atoms with Crippen LogP contribution in [0.1, 0.15) is 11.1 Å². The molecule has 0 unspecified atom stereocenters. The fourth-order valence-electron chi connectivity index (χ4n) is 2.36. The molecular weight excluding hydrogens is 467 g/mol. The van der Waals surface area contributed by atoms with Crippen LogP contribution in [0.5, 0.6) is 5.75 Å². The van der Waals surface area contributed by atoms with Gasteiger partial charge in [0.2, 0.25) is 0 Å². The van der Waals surface area contributed by atoms with Crippen molar-refractivity contribution < 1.29 is 23.8 Å². The van der Waals surface area contributed by atoms with Crippen molar-refractivity contribution >= 4 is 48.4 Å². The predicted molar refractivity (Wildman–Crippen MR) is 126 cm³/mol. The highest BCUT2D eigenvalue weighted by Gasteiger charge is 2.14. The average molecular weight is 496 g/mol. The number of rotatable bonds is 7. The van der Waals surface area contributed by atoms with E-state index >= 15 is 0 Å². The molecule has 0 radical (unpaired) electrons. The lowest BCUT2D eigenvalue weighted by atomic mass is 10.1. The third-order valence-corrected chi connectivity index (χ3v) is 4.24. The highest BCUT2D eigenvalue weighted by atomic mass is 35.5. The molecule has 4 N–H and O–H groups in total. The van der Waals surface area contributed by atoms with Gasteiger partial charge in [-0.1, -0.05) is 35.9 Å². The zero-order chi connectivity index (χ0) is 21.8. The first-order valence-corrected chi connectivity index (χ1v) is 9.22. The second-order valence-corrected chi connectivity index (χ2v) is 6.58. The van der Waals surface area contributed by atoms with Gasteiger partial charge in [-0.05, 0) is 48.2 Å². The molecule has 0 saturated heterocycles. The Morgan fingerprint density at radius 3 is 1.45 bits per heavy atom. The number of halogens is 3. The summed E-state index contributed by atoms with van der Waals surface area (Å²) in [4.78, 5) is 22.1. The second kappa shape index (κ2) is 16.6. The summed E-state index contributed by atoms with van der Waals surface area (Å²) < 4.78 is 14.1. The zero-order valence-electron chi connectivity index (χ0n) is 17.6. The van der Waals surface area contributed by atoms with Crippen molar-refractivity contribution in [2.45, 2.75) is 24.9 Å². The summed E-state index contributed by atoms with van der Waals surface area (Å²) >= 11 is 5.72. The Kier molecular flexibility index (Phi) is 16.7. The van der Waals surface area contributed by atoms with E-state index < -0.39 is 24.0 Å². The van der Waals surface area contributed by atoms with Crippen molar-refractivity contribution in [2.24, 2.45) is 11.5 Å². The van der Waals surface area contributed by atoms with Crippen molar-refractivity contribution in [2.75, 3.05) is 21.3 Å². The summed E-state index contributed by atoms with van der Waals surface area (Å²) in [7, 11) is 4.26. The molecule has 2 aromatic rings. The Morgan fingerprint density at radius 2 is 1.13 bits per heavy atom. The van der Waals surface area contributed by atoms with E-state index in [0.29, 0.717) is 17.9 Å². The van der Waals surface area contributed by atoms with E-state index in [-0.39, 0.29) is 24.8 Å². The standard InChI is InChI=1S/C11H15NO3.C10H12ClNO2.2ClH/c1-14-9-5-3-8(4-6-9)7-10(12)11(13)15-2;1-14-10(13)9(12)6-7-2-4-8(11)5-3-7;;/h3-6,10H,7,12H2,1-2H3;2-5,9H,6,12H2,1H3;2*1H/t10-;9-;;/m00../s1. The third-order valence-electron chi connectivity index (χ3n) is 3.99. The van der Waals surface area contributed by atoms with Crippen molar-refractivity contribution in [3.63, 3.8) is 0 Å². The molecule has 0 amide bonds. The Labute approximate surface area is 200 Å². The lowest BCUT2D eigenvalue weighted by molar-refractivity contribution is -0.142. The smallest absolute Gasteiger partial charge is 0.322 e. The maximum absolute atomic E-state index is 11.1. The van der Waals surface area contributed by atoms with E-state index in [1.165, 1.54) is 14.2 Å². The Bertz CT molecular complexity index is 774. The van der Waals surface area contributed by atoms with E-state index in [1.807, 2.05) is 36.4 Å². The molecule has 0 aliphatic rings. The molecule has 2 aromatic carbocycles. The van der Waals surface area contributed by atoms with E-state index in [4.69, 9.17) is 27.8 Å². The number of carbonyl (C=O) groups is 2. The molecule has 0 heterocycles. The Balaban J connectivity index is 0. The first-order chi connectivity index (χ1) is 13.8. The summed E-state index contributed by atoms with van der Waals surface area (Å²) in [6.45, 7) is 0. The highest BCUT2D eigenvalue weighted by Crippen LogP contribution is 2.12. The van der Waals surface area contributed by atoms with E-state index in [9.17, 15) is 9.59 Å². The van der Waals surface area contributed by atoms with Gasteiger partial charge in [-0.15, -0.1) is 24.8 Å². The van der Waals surface area contributed by atoms with Crippen LogP contribution in [-0.2, 0) is 31.9 Å². The van der Waals surface area contributed by atoms with Gasteiger partial charge in [-0.3, -0.25) is 9.59 Å². The van der Waals surface area contributed by atoms with Crippen LogP contribution >= 0.6 is 36.4 Å². The molecule has 0 bridgehead atoms. The molecule has 0 fully saturated rings. The molecule has 31 heavy (non-hydrogen) atoms. The van der Waals surface area contributed by atoms with Crippen LogP contribution in [-0.4, -0.2) is 45.4 Å². The van der Waals surface area contributed by atoms with Gasteiger partial charge in [0.1, 0.15) is 17.8 Å². The van der Waals surface area contributed by atoms with Crippen molar-refractivity contribution in [3.05, 3.63) is 64.7 Å². The van der Waals surface area contributed by atoms with Gasteiger partial charge >= 0.3 is 11.9 Å². The van der Waals surface area contributed by atoms with Crippen LogP contribution in [0, 0.1) is 0 Å². The number of carbonyl (C=O) groups excluding carboxylic acids is 2. The van der Waals surface area contributed by atoms with Crippen LogP contribution in [0.15, 0.2) is 48.5 Å². The molecule has 2 atom stereocenters. The average Bonchev–Trinajstić information content (AvgIpc) is 2.75. The van der Waals surface area contributed by atoms with Crippen LogP contribution in [0.2, 0.25) is 5.02 Å². The number of benzene rings is 2. The molecule has 0 aliphatic carbocycles. The quantitative estimate of drug-likeness (QED) is 0.568. The van der Waals surface area contributed by atoms with Gasteiger partial charge < -0.3 is 25.7 Å². The number of hydrogen-bond donors (Lipinski definition) is 2. The van der Waals surface area contributed by atoms with Gasteiger partial charge in [0.25, 0.3) is 0 Å². The zero-order valence-corrected chi connectivity index (χ0v) is 20.0. The van der Waals surface area contributed by atoms with Crippen molar-refractivity contribution in [1.82, 2.24) is 0 Å². The lowest BCUT2D eigenvalue weighted by Gasteiger charge is -2.09. The van der Waals surface area contributed by atoms with Gasteiger partial charge in [-0.25, -0.2) is 0 Å². The number of hydrogen-bond acceptors (Lipinski definition) is 7. The van der Waals surface area contributed by atoms with Gasteiger partial charge in [-0.2, -0.15) is 0 Å². The molecule has 0 spiro atoms. The number of esters is 2. The van der Waals surface area contributed by atoms with Crippen molar-refractivity contribution in [3.8, 4) is 5.75 Å². The normalized spacial score (nSPS) is 11.3. The van der Waals surface area contributed by atoms with E-state index in [0.717, 1.165) is 16.9 Å². The summed E-state index contributed by atoms with van der Waals surface area (Å²) in [6, 6.07) is 13.4. The largest absolute Gasteiger partial charge is 0.497 e. The first kappa shape index (κ1) is 31.2. The van der Waals surface area contributed by atoms with Crippen LogP contribution in [0.25, 0.3) is 0 Å². The molecule has 7 nitrogen and oxygen atoms in total. The summed E-state index contributed by atoms with van der Waals surface area (Å²) in [5.41, 5.74) is 13.2. The molecule has 174 valence electrons. The molecule has 0 aliphatic heterocycles. The molecule has 0 aromatic heterocycles. The van der Waals surface area contributed by atoms with Crippen molar-refractivity contribution in [1.29, 1.82) is 0 Å². The van der Waals surface area contributed by atoms with Crippen LogP contribution < -0.4 is 16.2 Å². The van der Waals surface area contributed by atoms with Gasteiger partial charge in [0.15, 0.2) is 0 Å². The molecular formula is C21H29Cl3N2O5. The van der Waals surface area contributed by atoms with Crippen LogP contribution in [0.3, 0.4) is 0 Å². The molecule has 0 saturated carbocycles. The number of ether oxygens (including phenoxy) is 3. The number of nitrogens with two attached hydrogens (primary N) is 2. The number of methoxy groups -OCH3 is 3. The fraction of sp³-hybridized carbons (Fsp3) is 0.333. The summed E-state index contributed by atoms with van der Waals surface area (Å²) in [5, 5.41) is 0.667. The monoisotopic (exact) mass is 494 g/mol. The van der Waals surface area contributed by atoms with Gasteiger partial charge in [0.05, 0.1) is 21.3 Å².